The molecule has 1 aliphatic rings. The lowest BCUT2D eigenvalue weighted by Crippen LogP contribution is -2.33. The predicted octanol–water partition coefficient (Wildman–Crippen LogP) is 2.80. The second-order valence-corrected chi connectivity index (χ2v) is 5.62. The maximum Gasteiger partial charge on any atom is 0.0574 e. The zero-order valence-corrected chi connectivity index (χ0v) is 11.1. The summed E-state index contributed by atoms with van der Waals surface area (Å²) in [6.45, 7) is 6.70. The number of aliphatic hydroxyl groups is 1. The molecule has 1 heterocycles. The van der Waals surface area contributed by atoms with Crippen molar-refractivity contribution in [3.05, 3.63) is 18.0 Å². The molecule has 3 heteroatoms. The average Bonchev–Trinajstić information content (AvgIpc) is 2.76. The molecule has 1 fully saturated rings. The van der Waals surface area contributed by atoms with Gasteiger partial charge < -0.3 is 5.11 Å². The fourth-order valence-corrected chi connectivity index (χ4v) is 2.97. The molecule has 0 amide bonds. The van der Waals surface area contributed by atoms with Crippen LogP contribution in [0.4, 0.5) is 0 Å². The Morgan fingerprint density at radius 2 is 2.24 bits per heavy atom. The molecule has 1 aromatic heterocycles. The molecular formula is C14H24N2O. The van der Waals surface area contributed by atoms with E-state index in [1.165, 1.54) is 5.56 Å². The summed E-state index contributed by atoms with van der Waals surface area (Å²) in [5, 5.41) is 14.3. The Morgan fingerprint density at radius 1 is 1.47 bits per heavy atom. The molecule has 3 nitrogen and oxygen atoms in total. The molecule has 0 aliphatic heterocycles. The summed E-state index contributed by atoms with van der Waals surface area (Å²) in [4.78, 5) is 0. The Kier molecular flexibility index (Phi) is 3.87. The van der Waals surface area contributed by atoms with Crippen molar-refractivity contribution in [3.8, 4) is 0 Å². The highest BCUT2D eigenvalue weighted by molar-refractivity contribution is 5.04. The van der Waals surface area contributed by atoms with Gasteiger partial charge in [0.2, 0.25) is 0 Å². The SMILES string of the molecule is CCc1cnn(C2CC(O)CCC2C(C)C)c1. The second kappa shape index (κ2) is 5.21. The van der Waals surface area contributed by atoms with Crippen LogP contribution in [0.15, 0.2) is 12.4 Å². The number of rotatable bonds is 3. The predicted molar refractivity (Wildman–Crippen MR) is 68.8 cm³/mol. The highest BCUT2D eigenvalue weighted by Gasteiger charge is 2.33. The number of aryl methyl sites for hydroxylation is 1. The van der Waals surface area contributed by atoms with Gasteiger partial charge in [-0.25, -0.2) is 0 Å². The van der Waals surface area contributed by atoms with Gasteiger partial charge in [-0.3, -0.25) is 4.68 Å². The standard InChI is InChI=1S/C14H24N2O/c1-4-11-8-15-16(9-11)14-7-12(17)5-6-13(14)10(2)3/h8-10,12-14,17H,4-7H2,1-3H3. The van der Waals surface area contributed by atoms with Crippen LogP contribution in [0, 0.1) is 11.8 Å². The number of nitrogens with zero attached hydrogens (tertiary/aromatic N) is 2. The van der Waals surface area contributed by atoms with Crippen molar-refractivity contribution < 1.29 is 5.11 Å². The first kappa shape index (κ1) is 12.6. The Labute approximate surface area is 104 Å². The van der Waals surface area contributed by atoms with Crippen molar-refractivity contribution in [2.45, 2.75) is 58.6 Å². The maximum atomic E-state index is 9.86. The smallest absolute Gasteiger partial charge is 0.0574 e. The molecule has 0 spiro atoms. The van der Waals surface area contributed by atoms with E-state index in [1.54, 1.807) is 0 Å². The van der Waals surface area contributed by atoms with Crippen molar-refractivity contribution in [2.75, 3.05) is 0 Å². The quantitative estimate of drug-likeness (QED) is 0.876. The fourth-order valence-electron chi connectivity index (χ4n) is 2.97. The number of hydrogen-bond donors (Lipinski definition) is 1. The van der Waals surface area contributed by atoms with Crippen LogP contribution in [0.5, 0.6) is 0 Å². The van der Waals surface area contributed by atoms with E-state index in [0.717, 1.165) is 25.7 Å². The first-order valence-electron chi connectivity index (χ1n) is 6.83. The molecule has 1 aliphatic carbocycles. The van der Waals surface area contributed by atoms with E-state index in [9.17, 15) is 5.11 Å². The summed E-state index contributed by atoms with van der Waals surface area (Å²) in [5.41, 5.74) is 1.28. The number of aliphatic hydroxyl groups excluding tert-OH is 1. The van der Waals surface area contributed by atoms with Crippen LogP contribution < -0.4 is 0 Å². The highest BCUT2D eigenvalue weighted by atomic mass is 16.3. The number of hydrogen-bond acceptors (Lipinski definition) is 2. The van der Waals surface area contributed by atoms with E-state index in [0.29, 0.717) is 17.9 Å². The highest BCUT2D eigenvalue weighted by Crippen LogP contribution is 2.38. The third-order valence-electron chi connectivity index (χ3n) is 4.10. The zero-order valence-electron chi connectivity index (χ0n) is 11.1. The molecule has 3 atom stereocenters. The molecule has 0 radical (unpaired) electrons. The summed E-state index contributed by atoms with van der Waals surface area (Å²) in [7, 11) is 0. The van der Waals surface area contributed by atoms with E-state index < -0.39 is 0 Å². The summed E-state index contributed by atoms with van der Waals surface area (Å²) >= 11 is 0. The Balaban J connectivity index is 2.19. The monoisotopic (exact) mass is 236 g/mol. The lowest BCUT2D eigenvalue weighted by Gasteiger charge is -2.36. The second-order valence-electron chi connectivity index (χ2n) is 5.62. The molecule has 1 N–H and O–H groups in total. The largest absolute Gasteiger partial charge is 0.393 e. The molecule has 96 valence electrons. The summed E-state index contributed by atoms with van der Waals surface area (Å²) in [6.07, 6.45) is 7.90. The Hall–Kier alpha value is -0.830. The lowest BCUT2D eigenvalue weighted by molar-refractivity contribution is 0.0521. The third-order valence-corrected chi connectivity index (χ3v) is 4.10. The van der Waals surface area contributed by atoms with Crippen molar-refractivity contribution >= 4 is 0 Å². The van der Waals surface area contributed by atoms with Crippen molar-refractivity contribution in [1.82, 2.24) is 9.78 Å². The van der Waals surface area contributed by atoms with Crippen LogP contribution in [0.2, 0.25) is 0 Å². The molecule has 2 rings (SSSR count). The molecule has 1 saturated carbocycles. The molecule has 1 aromatic rings. The minimum Gasteiger partial charge on any atom is -0.393 e. The van der Waals surface area contributed by atoms with Crippen molar-refractivity contribution in [2.24, 2.45) is 11.8 Å². The molecule has 0 bridgehead atoms. The van der Waals surface area contributed by atoms with Crippen molar-refractivity contribution in [1.29, 1.82) is 0 Å². The van der Waals surface area contributed by atoms with Gasteiger partial charge >= 0.3 is 0 Å². The molecule has 3 unspecified atom stereocenters. The number of aromatic nitrogens is 2. The lowest BCUT2D eigenvalue weighted by atomic mass is 9.77. The van der Waals surface area contributed by atoms with E-state index in [4.69, 9.17) is 0 Å². The van der Waals surface area contributed by atoms with E-state index in [1.807, 2.05) is 6.20 Å². The van der Waals surface area contributed by atoms with Gasteiger partial charge in [-0.1, -0.05) is 20.8 Å². The van der Waals surface area contributed by atoms with Crippen LogP contribution in [-0.2, 0) is 6.42 Å². The van der Waals surface area contributed by atoms with Gasteiger partial charge in [0.15, 0.2) is 0 Å². The van der Waals surface area contributed by atoms with E-state index in [-0.39, 0.29) is 6.10 Å². The topological polar surface area (TPSA) is 38.0 Å². The normalized spacial score (nSPS) is 29.8. The van der Waals surface area contributed by atoms with Gasteiger partial charge in [0.1, 0.15) is 0 Å². The van der Waals surface area contributed by atoms with Gasteiger partial charge in [-0.2, -0.15) is 5.10 Å². The molecule has 0 aromatic carbocycles. The van der Waals surface area contributed by atoms with Crippen LogP contribution >= 0.6 is 0 Å². The minimum absolute atomic E-state index is 0.149. The van der Waals surface area contributed by atoms with Gasteiger partial charge in [0, 0.05) is 6.20 Å². The molecule has 0 saturated heterocycles. The Morgan fingerprint density at radius 3 is 2.82 bits per heavy atom. The van der Waals surface area contributed by atoms with Crippen LogP contribution in [0.1, 0.15) is 51.6 Å². The van der Waals surface area contributed by atoms with Gasteiger partial charge in [-0.05, 0) is 43.1 Å². The van der Waals surface area contributed by atoms with Gasteiger partial charge in [0.25, 0.3) is 0 Å². The maximum absolute atomic E-state index is 9.86. The van der Waals surface area contributed by atoms with Crippen LogP contribution in [0.3, 0.4) is 0 Å². The van der Waals surface area contributed by atoms with Crippen LogP contribution in [-0.4, -0.2) is 21.0 Å². The molecular weight excluding hydrogens is 212 g/mol. The average molecular weight is 236 g/mol. The van der Waals surface area contributed by atoms with E-state index in [2.05, 4.69) is 36.7 Å². The van der Waals surface area contributed by atoms with Crippen LogP contribution in [0.25, 0.3) is 0 Å². The van der Waals surface area contributed by atoms with Crippen molar-refractivity contribution in [3.63, 3.8) is 0 Å². The zero-order chi connectivity index (χ0) is 12.4. The third kappa shape index (κ3) is 2.71. The Bertz CT molecular complexity index is 359. The minimum atomic E-state index is -0.149. The van der Waals surface area contributed by atoms with E-state index >= 15 is 0 Å². The van der Waals surface area contributed by atoms with Gasteiger partial charge in [0.05, 0.1) is 18.3 Å². The summed E-state index contributed by atoms with van der Waals surface area (Å²) < 4.78 is 2.09. The van der Waals surface area contributed by atoms with Gasteiger partial charge in [-0.15, -0.1) is 0 Å². The first-order valence-corrected chi connectivity index (χ1v) is 6.83. The molecule has 17 heavy (non-hydrogen) atoms. The first-order chi connectivity index (χ1) is 8.11. The summed E-state index contributed by atoms with van der Waals surface area (Å²) in [6, 6.07) is 0.374. The summed E-state index contributed by atoms with van der Waals surface area (Å²) in [5.74, 6) is 1.30. The fraction of sp³-hybridized carbons (Fsp3) is 0.786.